The number of hydrogen-bond donors (Lipinski definition) is 1. The summed E-state index contributed by atoms with van der Waals surface area (Å²) in [7, 11) is 0. The Kier molecular flexibility index (Phi) is 3.10. The van der Waals surface area contributed by atoms with Crippen LogP contribution in [0.2, 0.25) is 0 Å². The van der Waals surface area contributed by atoms with Gasteiger partial charge in [-0.05, 0) is 38.0 Å². The molecular weight excluding hydrogens is 223 g/mol. The summed E-state index contributed by atoms with van der Waals surface area (Å²) in [4.78, 5) is 2.50. The third kappa shape index (κ3) is 2.16. The zero-order valence-corrected chi connectivity index (χ0v) is 10.1. The van der Waals surface area contributed by atoms with Crippen LogP contribution in [0.4, 0.5) is 10.1 Å². The van der Waals surface area contributed by atoms with Crippen molar-refractivity contribution in [2.75, 3.05) is 11.4 Å². The van der Waals surface area contributed by atoms with Crippen molar-refractivity contribution in [1.82, 2.24) is 0 Å². The summed E-state index contributed by atoms with van der Waals surface area (Å²) in [5, 5.41) is 0. The fourth-order valence-corrected chi connectivity index (χ4v) is 2.13. The lowest BCUT2D eigenvalue weighted by Gasteiger charge is -2.25. The predicted molar refractivity (Wildman–Crippen MR) is 68.3 cm³/mol. The van der Waals surface area contributed by atoms with E-state index in [4.69, 9.17) is 18.0 Å². The molecule has 2 N–H and O–H groups in total. The van der Waals surface area contributed by atoms with Crippen molar-refractivity contribution in [2.45, 2.75) is 25.8 Å². The lowest BCUT2D eigenvalue weighted by atomic mass is 10.1. The number of thiocarbonyl (C=S) groups is 1. The van der Waals surface area contributed by atoms with Crippen molar-refractivity contribution in [2.24, 2.45) is 5.73 Å². The van der Waals surface area contributed by atoms with E-state index < -0.39 is 0 Å². The van der Waals surface area contributed by atoms with Gasteiger partial charge in [-0.2, -0.15) is 0 Å². The highest BCUT2D eigenvalue weighted by atomic mass is 32.1. The van der Waals surface area contributed by atoms with E-state index in [9.17, 15) is 4.39 Å². The molecule has 0 bridgehead atoms. The van der Waals surface area contributed by atoms with Crippen LogP contribution in [0.15, 0.2) is 18.2 Å². The summed E-state index contributed by atoms with van der Waals surface area (Å²) in [6.07, 6.45) is 2.39. The quantitative estimate of drug-likeness (QED) is 0.817. The molecule has 0 amide bonds. The zero-order chi connectivity index (χ0) is 11.7. The number of nitrogens with zero attached hydrogens (tertiary/aromatic N) is 1. The van der Waals surface area contributed by atoms with Crippen LogP contribution in [0, 0.1) is 5.82 Å². The molecule has 0 aromatic heterocycles. The topological polar surface area (TPSA) is 29.3 Å². The molecule has 0 heterocycles. The fraction of sp³-hybridized carbons (Fsp3) is 0.417. The maximum Gasteiger partial charge on any atom is 0.124 e. The lowest BCUT2D eigenvalue weighted by Crippen LogP contribution is -2.28. The maximum atomic E-state index is 13.2. The normalized spacial score (nSPS) is 14.9. The van der Waals surface area contributed by atoms with E-state index in [0.717, 1.165) is 12.2 Å². The van der Waals surface area contributed by atoms with E-state index in [1.165, 1.54) is 25.0 Å². The van der Waals surface area contributed by atoms with Gasteiger partial charge in [0.1, 0.15) is 10.8 Å². The molecule has 0 unspecified atom stereocenters. The van der Waals surface area contributed by atoms with Crippen molar-refractivity contribution in [3.63, 3.8) is 0 Å². The van der Waals surface area contributed by atoms with E-state index in [-0.39, 0.29) is 10.8 Å². The molecule has 2 nitrogen and oxygen atoms in total. The third-order valence-corrected chi connectivity index (χ3v) is 3.08. The molecule has 0 spiro atoms. The minimum absolute atomic E-state index is 0.258. The molecule has 0 atom stereocenters. The van der Waals surface area contributed by atoms with Crippen molar-refractivity contribution in [1.29, 1.82) is 0 Å². The van der Waals surface area contributed by atoms with Gasteiger partial charge in [0.25, 0.3) is 0 Å². The molecule has 1 aromatic rings. The van der Waals surface area contributed by atoms with Crippen LogP contribution in [0.25, 0.3) is 0 Å². The average Bonchev–Trinajstić information content (AvgIpc) is 3.05. The Balaban J connectivity index is 2.41. The van der Waals surface area contributed by atoms with Crippen LogP contribution in [0.1, 0.15) is 25.3 Å². The minimum Gasteiger partial charge on any atom is -0.389 e. The van der Waals surface area contributed by atoms with E-state index in [0.29, 0.717) is 11.6 Å². The maximum absolute atomic E-state index is 13.2. The first kappa shape index (κ1) is 11.3. The fourth-order valence-electron chi connectivity index (χ4n) is 1.97. The molecule has 0 radical (unpaired) electrons. The second-order valence-corrected chi connectivity index (χ2v) is 4.48. The first-order valence-electron chi connectivity index (χ1n) is 5.49. The Morgan fingerprint density at radius 2 is 2.25 bits per heavy atom. The monoisotopic (exact) mass is 238 g/mol. The number of hydrogen-bond acceptors (Lipinski definition) is 2. The van der Waals surface area contributed by atoms with Gasteiger partial charge in [0.05, 0.1) is 0 Å². The molecule has 16 heavy (non-hydrogen) atoms. The minimum atomic E-state index is -0.293. The number of benzene rings is 1. The molecule has 1 aromatic carbocycles. The zero-order valence-electron chi connectivity index (χ0n) is 9.24. The van der Waals surface area contributed by atoms with Crippen molar-refractivity contribution in [3.05, 3.63) is 29.6 Å². The number of nitrogens with two attached hydrogens (primary N) is 1. The van der Waals surface area contributed by atoms with Crippen LogP contribution in [-0.4, -0.2) is 17.6 Å². The van der Waals surface area contributed by atoms with Crippen molar-refractivity contribution in [3.8, 4) is 0 Å². The van der Waals surface area contributed by atoms with Gasteiger partial charge in [-0.25, -0.2) is 4.39 Å². The molecule has 4 heteroatoms. The van der Waals surface area contributed by atoms with Crippen LogP contribution in [0.5, 0.6) is 0 Å². The molecular formula is C12H15FN2S. The molecule has 1 saturated carbocycles. The lowest BCUT2D eigenvalue weighted by molar-refractivity contribution is 0.627. The van der Waals surface area contributed by atoms with Gasteiger partial charge in [0.15, 0.2) is 0 Å². The highest BCUT2D eigenvalue weighted by Crippen LogP contribution is 2.33. The SMILES string of the molecule is CCN(c1ccc(F)cc1C(N)=S)C1CC1. The van der Waals surface area contributed by atoms with E-state index >= 15 is 0 Å². The molecule has 0 aliphatic heterocycles. The summed E-state index contributed by atoms with van der Waals surface area (Å²) >= 11 is 4.97. The standard InChI is InChI=1S/C12H15FN2S/c1-2-15(9-4-5-9)11-6-3-8(13)7-10(11)12(14)16/h3,6-7,9H,2,4-5H2,1H3,(H2,14,16). The molecule has 1 aliphatic carbocycles. The van der Waals surface area contributed by atoms with E-state index in [1.807, 2.05) is 0 Å². The summed E-state index contributed by atoms with van der Waals surface area (Å²) in [5.41, 5.74) is 7.23. The first-order valence-corrected chi connectivity index (χ1v) is 5.90. The third-order valence-electron chi connectivity index (χ3n) is 2.86. The first-order chi connectivity index (χ1) is 7.63. The average molecular weight is 238 g/mol. The Labute approximate surface area is 100 Å². The van der Waals surface area contributed by atoms with E-state index in [1.54, 1.807) is 6.07 Å². The summed E-state index contributed by atoms with van der Waals surface area (Å²) in [5.74, 6) is -0.293. The molecule has 2 rings (SSSR count). The number of anilines is 1. The van der Waals surface area contributed by atoms with Gasteiger partial charge in [0, 0.05) is 23.8 Å². The molecule has 1 aliphatic rings. The Hall–Kier alpha value is -1.16. The Bertz CT molecular complexity index is 415. The van der Waals surface area contributed by atoms with E-state index in [2.05, 4.69) is 11.8 Å². The van der Waals surface area contributed by atoms with Crippen LogP contribution in [-0.2, 0) is 0 Å². The van der Waals surface area contributed by atoms with Crippen molar-refractivity contribution >= 4 is 22.9 Å². The highest BCUT2D eigenvalue weighted by molar-refractivity contribution is 7.80. The van der Waals surface area contributed by atoms with Gasteiger partial charge in [0.2, 0.25) is 0 Å². The van der Waals surface area contributed by atoms with Gasteiger partial charge >= 0.3 is 0 Å². The largest absolute Gasteiger partial charge is 0.389 e. The summed E-state index contributed by atoms with van der Waals surface area (Å²) in [6.45, 7) is 2.98. The van der Waals surface area contributed by atoms with Gasteiger partial charge < -0.3 is 10.6 Å². The number of halogens is 1. The van der Waals surface area contributed by atoms with Gasteiger partial charge in [-0.1, -0.05) is 12.2 Å². The predicted octanol–water partition coefficient (Wildman–Crippen LogP) is 2.45. The smallest absolute Gasteiger partial charge is 0.124 e. The van der Waals surface area contributed by atoms with Crippen LogP contribution >= 0.6 is 12.2 Å². The second kappa shape index (κ2) is 4.37. The summed E-state index contributed by atoms with van der Waals surface area (Å²) < 4.78 is 13.2. The second-order valence-electron chi connectivity index (χ2n) is 4.04. The van der Waals surface area contributed by atoms with Gasteiger partial charge in [-0.3, -0.25) is 0 Å². The van der Waals surface area contributed by atoms with Gasteiger partial charge in [-0.15, -0.1) is 0 Å². The van der Waals surface area contributed by atoms with Crippen molar-refractivity contribution < 1.29 is 4.39 Å². The van der Waals surface area contributed by atoms with Crippen LogP contribution < -0.4 is 10.6 Å². The Morgan fingerprint density at radius 3 is 2.75 bits per heavy atom. The molecule has 1 fully saturated rings. The number of rotatable bonds is 4. The summed E-state index contributed by atoms with van der Waals surface area (Å²) in [6, 6.07) is 5.22. The molecule has 0 saturated heterocycles. The Morgan fingerprint density at radius 1 is 1.56 bits per heavy atom. The molecule has 86 valence electrons. The van der Waals surface area contributed by atoms with Crippen LogP contribution in [0.3, 0.4) is 0 Å². The highest BCUT2D eigenvalue weighted by Gasteiger charge is 2.29.